The van der Waals surface area contributed by atoms with Crippen LogP contribution < -0.4 is 5.32 Å². The number of hydrogen-bond acceptors (Lipinski definition) is 5. The molecule has 0 radical (unpaired) electrons. The number of benzene rings is 3. The van der Waals surface area contributed by atoms with Crippen molar-refractivity contribution in [2.24, 2.45) is 0 Å². The molecule has 0 amide bonds. The first-order chi connectivity index (χ1) is 16.0. The predicted molar refractivity (Wildman–Crippen MR) is 129 cm³/mol. The summed E-state index contributed by atoms with van der Waals surface area (Å²) in [7, 11) is 0. The van der Waals surface area contributed by atoms with Crippen LogP contribution in [0.5, 0.6) is 0 Å². The van der Waals surface area contributed by atoms with Crippen LogP contribution in [-0.2, 0) is 6.54 Å². The van der Waals surface area contributed by atoms with Crippen molar-refractivity contribution in [3.05, 3.63) is 94.9 Å². The van der Waals surface area contributed by atoms with Crippen molar-refractivity contribution in [1.29, 1.82) is 5.26 Å². The lowest BCUT2D eigenvalue weighted by atomic mass is 10.0. The molecule has 3 aromatic carbocycles. The smallest absolute Gasteiger partial charge is 0.160 e. The Morgan fingerprint density at radius 3 is 2.39 bits per heavy atom. The van der Waals surface area contributed by atoms with Crippen LogP contribution in [0.25, 0.3) is 22.0 Å². The Hall–Kier alpha value is -4.37. The summed E-state index contributed by atoms with van der Waals surface area (Å²) in [6, 6.07) is 24.3. The Balaban J connectivity index is 1.61. The van der Waals surface area contributed by atoms with Crippen LogP contribution in [0.15, 0.2) is 71.3 Å². The Bertz CT molecular complexity index is 1470. The third kappa shape index (κ3) is 3.97. The van der Waals surface area contributed by atoms with Gasteiger partial charge in [-0.2, -0.15) is 10.4 Å². The fourth-order valence-electron chi connectivity index (χ4n) is 4.07. The lowest BCUT2D eigenvalue weighted by Gasteiger charge is -2.06. The number of nitrogens with zero attached hydrogens (tertiary/aromatic N) is 4. The van der Waals surface area contributed by atoms with Gasteiger partial charge in [0.1, 0.15) is 5.76 Å². The monoisotopic (exact) mass is 433 g/mol. The van der Waals surface area contributed by atoms with Crippen molar-refractivity contribution in [3.8, 4) is 17.2 Å². The molecule has 0 atom stereocenters. The van der Waals surface area contributed by atoms with Crippen molar-refractivity contribution in [1.82, 2.24) is 14.9 Å². The second-order valence-electron chi connectivity index (χ2n) is 8.24. The molecule has 0 spiro atoms. The van der Waals surface area contributed by atoms with Gasteiger partial charge in [-0.15, -0.1) is 0 Å². The molecule has 2 aromatic heterocycles. The van der Waals surface area contributed by atoms with Gasteiger partial charge in [-0.25, -0.2) is 0 Å². The molecule has 0 aliphatic heterocycles. The van der Waals surface area contributed by atoms with Crippen LogP contribution in [0, 0.1) is 32.1 Å². The zero-order chi connectivity index (χ0) is 22.9. The Labute approximate surface area is 192 Å². The molecule has 0 bridgehead atoms. The normalized spacial score (nSPS) is 11.0. The Kier molecular flexibility index (Phi) is 5.15. The fourth-order valence-corrected chi connectivity index (χ4v) is 4.07. The van der Waals surface area contributed by atoms with Crippen LogP contribution in [0.2, 0.25) is 0 Å². The molecule has 0 aliphatic carbocycles. The van der Waals surface area contributed by atoms with Gasteiger partial charge in [0, 0.05) is 16.6 Å². The lowest BCUT2D eigenvalue weighted by molar-refractivity contribution is 0.393. The molecule has 6 heteroatoms. The minimum atomic E-state index is 0.624. The molecule has 33 heavy (non-hydrogen) atoms. The topological polar surface area (TPSA) is 79.7 Å². The molecular formula is C27H23N5O. The zero-order valence-corrected chi connectivity index (χ0v) is 18.8. The van der Waals surface area contributed by atoms with Crippen LogP contribution in [0.3, 0.4) is 0 Å². The van der Waals surface area contributed by atoms with Gasteiger partial charge in [0.2, 0.25) is 0 Å². The summed E-state index contributed by atoms with van der Waals surface area (Å²) in [6.07, 6.45) is 0. The van der Waals surface area contributed by atoms with Gasteiger partial charge in [-0.05, 0) is 68.3 Å². The minimum Gasteiger partial charge on any atom is -0.361 e. The zero-order valence-electron chi connectivity index (χ0n) is 18.8. The number of aromatic nitrogens is 3. The third-order valence-corrected chi connectivity index (χ3v) is 5.80. The molecular weight excluding hydrogens is 410 g/mol. The van der Waals surface area contributed by atoms with Crippen LogP contribution in [0.4, 0.5) is 11.5 Å². The van der Waals surface area contributed by atoms with E-state index in [0.29, 0.717) is 12.1 Å². The molecule has 5 rings (SSSR count). The van der Waals surface area contributed by atoms with E-state index in [0.717, 1.165) is 45.0 Å². The molecule has 0 saturated carbocycles. The molecule has 1 N–H and O–H groups in total. The third-order valence-electron chi connectivity index (χ3n) is 5.80. The average molecular weight is 434 g/mol. The van der Waals surface area contributed by atoms with Crippen LogP contribution in [-0.4, -0.2) is 14.9 Å². The molecule has 0 saturated heterocycles. The maximum Gasteiger partial charge on any atom is 0.160 e. The Morgan fingerprint density at radius 1 is 0.970 bits per heavy atom. The van der Waals surface area contributed by atoms with Gasteiger partial charge in [0.15, 0.2) is 5.82 Å². The van der Waals surface area contributed by atoms with E-state index >= 15 is 0 Å². The largest absolute Gasteiger partial charge is 0.361 e. The Morgan fingerprint density at radius 2 is 1.73 bits per heavy atom. The molecule has 6 nitrogen and oxygen atoms in total. The van der Waals surface area contributed by atoms with E-state index in [1.807, 2.05) is 30.7 Å². The summed E-state index contributed by atoms with van der Waals surface area (Å²) < 4.78 is 7.42. The second kappa shape index (κ2) is 8.29. The number of hydrogen-bond donors (Lipinski definition) is 1. The van der Waals surface area contributed by atoms with Crippen molar-refractivity contribution in [3.63, 3.8) is 0 Å². The number of aryl methyl sites for hydroxylation is 3. The quantitative estimate of drug-likeness (QED) is 0.353. The number of rotatable bonds is 5. The number of nitrogens with one attached hydrogen (secondary N) is 1. The fraction of sp³-hybridized carbons (Fsp3) is 0.148. The highest BCUT2D eigenvalue weighted by molar-refractivity contribution is 5.95. The molecule has 0 fully saturated rings. The van der Waals surface area contributed by atoms with E-state index in [9.17, 15) is 0 Å². The summed E-state index contributed by atoms with van der Waals surface area (Å²) in [5.41, 5.74) is 7.86. The second-order valence-corrected chi connectivity index (χ2v) is 8.24. The molecule has 0 unspecified atom stereocenters. The summed E-state index contributed by atoms with van der Waals surface area (Å²) >= 11 is 0. The summed E-state index contributed by atoms with van der Waals surface area (Å²) in [5.74, 6) is 1.57. The van der Waals surface area contributed by atoms with Gasteiger partial charge in [-0.1, -0.05) is 41.1 Å². The summed E-state index contributed by atoms with van der Waals surface area (Å²) in [6.45, 7) is 6.62. The number of nitriles is 1. The van der Waals surface area contributed by atoms with Gasteiger partial charge >= 0.3 is 0 Å². The molecule has 5 aromatic rings. The van der Waals surface area contributed by atoms with Crippen molar-refractivity contribution >= 4 is 22.4 Å². The highest BCUT2D eigenvalue weighted by Crippen LogP contribution is 2.33. The van der Waals surface area contributed by atoms with Gasteiger partial charge in [0.25, 0.3) is 0 Å². The number of fused-ring (bicyclic) bond motifs is 1. The molecule has 162 valence electrons. The number of anilines is 2. The van der Waals surface area contributed by atoms with Crippen LogP contribution >= 0.6 is 0 Å². The predicted octanol–water partition coefficient (Wildman–Crippen LogP) is 6.28. The summed E-state index contributed by atoms with van der Waals surface area (Å²) in [5, 5.41) is 22.5. The van der Waals surface area contributed by atoms with Crippen LogP contribution in [0.1, 0.15) is 28.1 Å². The average Bonchev–Trinajstić information content (AvgIpc) is 3.34. The van der Waals surface area contributed by atoms with E-state index < -0.39 is 0 Å². The van der Waals surface area contributed by atoms with Gasteiger partial charge in [0.05, 0.1) is 29.4 Å². The minimum absolute atomic E-state index is 0.624. The standard InChI is InChI=1S/C27H23N5O/c1-17-4-6-21(7-5-17)16-32-25-14-22(26-18(2)31-33-19(26)3)10-13-24(25)27(30-32)29-23-11-8-20(15-28)9-12-23/h4-14H,16H2,1-3H3,(H,29,30). The van der Waals surface area contributed by atoms with E-state index in [4.69, 9.17) is 14.9 Å². The highest BCUT2D eigenvalue weighted by atomic mass is 16.5. The van der Waals surface area contributed by atoms with E-state index in [-0.39, 0.29) is 0 Å². The van der Waals surface area contributed by atoms with E-state index in [1.165, 1.54) is 11.1 Å². The first-order valence-corrected chi connectivity index (χ1v) is 10.8. The molecule has 2 heterocycles. The van der Waals surface area contributed by atoms with E-state index in [1.54, 1.807) is 12.1 Å². The SMILES string of the molecule is Cc1ccc(Cn2nc(Nc3ccc(C#N)cc3)c3ccc(-c4c(C)noc4C)cc32)cc1. The summed E-state index contributed by atoms with van der Waals surface area (Å²) in [4.78, 5) is 0. The highest BCUT2D eigenvalue weighted by Gasteiger charge is 2.16. The van der Waals surface area contributed by atoms with Crippen molar-refractivity contribution < 1.29 is 4.52 Å². The molecule has 0 aliphatic rings. The van der Waals surface area contributed by atoms with Gasteiger partial charge < -0.3 is 9.84 Å². The first kappa shape index (κ1) is 20.5. The first-order valence-electron chi connectivity index (χ1n) is 10.8. The van der Waals surface area contributed by atoms with Gasteiger partial charge in [-0.3, -0.25) is 4.68 Å². The van der Waals surface area contributed by atoms with Crippen molar-refractivity contribution in [2.75, 3.05) is 5.32 Å². The maximum absolute atomic E-state index is 9.07. The van der Waals surface area contributed by atoms with E-state index in [2.05, 4.69) is 65.9 Å². The van der Waals surface area contributed by atoms with Crippen molar-refractivity contribution in [2.45, 2.75) is 27.3 Å². The maximum atomic E-state index is 9.07. The lowest BCUT2D eigenvalue weighted by Crippen LogP contribution is -2.02.